The zero-order chi connectivity index (χ0) is 14.6. The van der Waals surface area contributed by atoms with Gasteiger partial charge in [-0.05, 0) is 12.3 Å². The zero-order valence-corrected chi connectivity index (χ0v) is 8.97. The summed E-state index contributed by atoms with van der Waals surface area (Å²) in [5.74, 6) is -4.88. The van der Waals surface area contributed by atoms with E-state index in [-0.39, 0.29) is 6.92 Å². The minimum Gasteiger partial charge on any atom is -0.171 e. The van der Waals surface area contributed by atoms with Crippen molar-refractivity contribution in [2.24, 2.45) is 17.3 Å². The largest absolute Gasteiger partial charge is 0.395 e. The third-order valence-electron chi connectivity index (χ3n) is 3.42. The number of halogens is 9. The summed E-state index contributed by atoms with van der Waals surface area (Å²) in [6, 6.07) is 0. The lowest BCUT2D eigenvalue weighted by Gasteiger charge is -2.29. The summed E-state index contributed by atoms with van der Waals surface area (Å²) < 4.78 is 111. The van der Waals surface area contributed by atoms with Crippen molar-refractivity contribution in [1.29, 1.82) is 0 Å². The van der Waals surface area contributed by atoms with Gasteiger partial charge in [-0.3, -0.25) is 0 Å². The second-order valence-corrected chi connectivity index (χ2v) is 4.52. The van der Waals surface area contributed by atoms with Crippen molar-refractivity contribution in [2.75, 3.05) is 0 Å². The van der Waals surface area contributed by atoms with E-state index < -0.39 is 48.6 Å². The lowest BCUT2D eigenvalue weighted by Crippen LogP contribution is -2.41. The highest BCUT2D eigenvalue weighted by molar-refractivity contribution is 5.11. The molecule has 0 amide bonds. The molecule has 1 aliphatic carbocycles. The van der Waals surface area contributed by atoms with E-state index in [1.165, 1.54) is 0 Å². The summed E-state index contributed by atoms with van der Waals surface area (Å²) in [6.07, 6.45) is -18.3. The highest BCUT2D eigenvalue weighted by atomic mass is 19.4. The Morgan fingerprint density at radius 3 is 1.72 bits per heavy atom. The van der Waals surface area contributed by atoms with Crippen LogP contribution in [0.15, 0.2) is 0 Å². The summed E-state index contributed by atoms with van der Waals surface area (Å²) in [4.78, 5) is 0. The van der Waals surface area contributed by atoms with Crippen LogP contribution in [0, 0.1) is 17.3 Å². The van der Waals surface area contributed by atoms with Crippen LogP contribution in [-0.4, -0.2) is 18.5 Å². The Kier molecular flexibility index (Phi) is 3.37. The van der Waals surface area contributed by atoms with E-state index in [1.54, 1.807) is 0 Å². The summed E-state index contributed by atoms with van der Waals surface area (Å²) in [7, 11) is 0. The van der Waals surface area contributed by atoms with Gasteiger partial charge in [0.15, 0.2) is 0 Å². The Balaban J connectivity index is 2.98. The molecule has 1 saturated carbocycles. The van der Waals surface area contributed by atoms with E-state index in [0.29, 0.717) is 0 Å². The van der Waals surface area contributed by atoms with Gasteiger partial charge < -0.3 is 0 Å². The van der Waals surface area contributed by atoms with Gasteiger partial charge in [0.2, 0.25) is 0 Å². The van der Waals surface area contributed by atoms with Crippen LogP contribution in [0.3, 0.4) is 0 Å². The molecule has 9 heteroatoms. The molecule has 1 aliphatic rings. The van der Waals surface area contributed by atoms with Gasteiger partial charge in [0, 0.05) is 6.42 Å². The number of hydrogen-bond acceptors (Lipinski definition) is 0. The first kappa shape index (κ1) is 15.4. The fourth-order valence-corrected chi connectivity index (χ4v) is 2.30. The molecule has 0 bridgehead atoms. The summed E-state index contributed by atoms with van der Waals surface area (Å²) in [5.41, 5.74) is -3.29. The molecule has 1 fully saturated rings. The molecule has 0 N–H and O–H groups in total. The minimum atomic E-state index is -5.29. The molecule has 0 nitrogen and oxygen atoms in total. The molecule has 0 spiro atoms. The molecule has 0 aromatic carbocycles. The first-order valence-electron chi connectivity index (χ1n) is 4.92. The van der Waals surface area contributed by atoms with Crippen LogP contribution < -0.4 is 0 Å². The standard InChI is InChI=1S/C9H9F9/c1-4(8(13,14)15)6(9(16,17)18)2-5(6)3-7(10,11)12/h4-5H,2-3H2,1H3. The molecule has 3 atom stereocenters. The topological polar surface area (TPSA) is 0 Å². The van der Waals surface area contributed by atoms with Crippen molar-refractivity contribution in [2.45, 2.75) is 38.3 Å². The Bertz CT molecular complexity index is 309. The number of hydrogen-bond donors (Lipinski definition) is 0. The predicted molar refractivity (Wildman–Crippen MR) is 42.5 cm³/mol. The maximum absolute atomic E-state index is 12.6. The molecular weight excluding hydrogens is 279 g/mol. The number of alkyl halides is 9. The van der Waals surface area contributed by atoms with Crippen LogP contribution >= 0.6 is 0 Å². The highest BCUT2D eigenvalue weighted by Crippen LogP contribution is 2.71. The van der Waals surface area contributed by atoms with Crippen LogP contribution in [0.2, 0.25) is 0 Å². The van der Waals surface area contributed by atoms with Crippen LogP contribution in [0.5, 0.6) is 0 Å². The fraction of sp³-hybridized carbons (Fsp3) is 1.00. The van der Waals surface area contributed by atoms with Crippen molar-refractivity contribution in [1.82, 2.24) is 0 Å². The van der Waals surface area contributed by atoms with Crippen LogP contribution in [0.4, 0.5) is 39.5 Å². The predicted octanol–water partition coefficient (Wildman–Crippen LogP) is 4.71. The Hall–Kier alpha value is -0.630. The maximum atomic E-state index is 12.6. The second-order valence-electron chi connectivity index (χ2n) is 4.52. The van der Waals surface area contributed by atoms with E-state index >= 15 is 0 Å². The molecule has 18 heavy (non-hydrogen) atoms. The molecular formula is C9H9F9. The van der Waals surface area contributed by atoms with Crippen LogP contribution in [-0.2, 0) is 0 Å². The molecule has 0 heterocycles. The van der Waals surface area contributed by atoms with E-state index in [1.807, 2.05) is 0 Å². The highest BCUT2D eigenvalue weighted by Gasteiger charge is 2.77. The summed E-state index contributed by atoms with van der Waals surface area (Å²) >= 11 is 0. The lowest BCUT2D eigenvalue weighted by atomic mass is 9.86. The van der Waals surface area contributed by atoms with E-state index in [9.17, 15) is 39.5 Å². The van der Waals surface area contributed by atoms with Gasteiger partial charge >= 0.3 is 18.5 Å². The minimum absolute atomic E-state index is 0.282. The van der Waals surface area contributed by atoms with E-state index in [2.05, 4.69) is 0 Å². The smallest absolute Gasteiger partial charge is 0.171 e. The molecule has 1 rings (SSSR count). The first-order chi connectivity index (χ1) is 7.72. The third kappa shape index (κ3) is 2.69. The molecule has 3 unspecified atom stereocenters. The average Bonchev–Trinajstić information content (AvgIpc) is 2.72. The quantitative estimate of drug-likeness (QED) is 0.646. The van der Waals surface area contributed by atoms with Gasteiger partial charge in [0.1, 0.15) is 0 Å². The Morgan fingerprint density at radius 2 is 1.44 bits per heavy atom. The van der Waals surface area contributed by atoms with Gasteiger partial charge in [-0.15, -0.1) is 0 Å². The monoisotopic (exact) mass is 288 g/mol. The van der Waals surface area contributed by atoms with Crippen molar-refractivity contribution in [3.8, 4) is 0 Å². The van der Waals surface area contributed by atoms with Gasteiger partial charge in [-0.1, -0.05) is 6.92 Å². The maximum Gasteiger partial charge on any atom is 0.395 e. The van der Waals surface area contributed by atoms with Gasteiger partial charge in [0.25, 0.3) is 0 Å². The van der Waals surface area contributed by atoms with Crippen molar-refractivity contribution in [3.05, 3.63) is 0 Å². The van der Waals surface area contributed by atoms with Crippen molar-refractivity contribution in [3.63, 3.8) is 0 Å². The van der Waals surface area contributed by atoms with Crippen LogP contribution in [0.25, 0.3) is 0 Å². The Morgan fingerprint density at radius 1 is 1.00 bits per heavy atom. The SMILES string of the molecule is CC(C(F)(F)F)C1(C(F)(F)F)CC1CC(F)(F)F. The molecule has 108 valence electrons. The van der Waals surface area contributed by atoms with Crippen LogP contribution in [0.1, 0.15) is 19.8 Å². The van der Waals surface area contributed by atoms with Gasteiger partial charge in [-0.25, -0.2) is 0 Å². The summed E-state index contributed by atoms with van der Waals surface area (Å²) in [6.45, 7) is 0.282. The normalized spacial score (nSPS) is 31.3. The fourth-order valence-electron chi connectivity index (χ4n) is 2.30. The summed E-state index contributed by atoms with van der Waals surface area (Å²) in [5, 5.41) is 0. The molecule has 0 radical (unpaired) electrons. The third-order valence-corrected chi connectivity index (χ3v) is 3.42. The second kappa shape index (κ2) is 3.93. The van der Waals surface area contributed by atoms with Crippen molar-refractivity contribution < 1.29 is 39.5 Å². The lowest BCUT2D eigenvalue weighted by molar-refractivity contribution is -0.269. The molecule has 0 aromatic heterocycles. The van der Waals surface area contributed by atoms with Gasteiger partial charge in [0.05, 0.1) is 11.3 Å². The molecule has 0 saturated heterocycles. The average molecular weight is 288 g/mol. The number of rotatable bonds is 2. The van der Waals surface area contributed by atoms with E-state index in [0.717, 1.165) is 0 Å². The van der Waals surface area contributed by atoms with Crippen molar-refractivity contribution >= 4 is 0 Å². The Labute approximate surface area is 96.1 Å². The van der Waals surface area contributed by atoms with E-state index in [4.69, 9.17) is 0 Å². The van der Waals surface area contributed by atoms with Gasteiger partial charge in [-0.2, -0.15) is 39.5 Å². The molecule has 0 aliphatic heterocycles. The zero-order valence-electron chi connectivity index (χ0n) is 8.97. The molecule has 0 aromatic rings. The first-order valence-corrected chi connectivity index (χ1v) is 4.92.